The molecule has 2 N–H and O–H groups in total. The summed E-state index contributed by atoms with van der Waals surface area (Å²) < 4.78 is 0. The molecule has 200 valence electrons. The van der Waals surface area contributed by atoms with Gasteiger partial charge in [0.1, 0.15) is 0 Å². The normalized spacial score (nSPS) is 41.2. The number of aliphatic hydroxyl groups excluding tert-OH is 1. The number of fused-ring (bicyclic) bond motifs is 5. The SMILES string of the molecule is CCN(CCNC(C)C)C(=O)O/N=C(\C)[C@H]1CC[C@H]2[C@@H]3CC[C@H]4C[C@H](O)CC[C@]4(C)[C@H]3CC[C@]12C. The Kier molecular flexibility index (Phi) is 8.22. The molecule has 35 heavy (non-hydrogen) atoms. The van der Waals surface area contributed by atoms with Crippen molar-refractivity contribution in [3.05, 3.63) is 0 Å². The number of oxime groups is 1. The summed E-state index contributed by atoms with van der Waals surface area (Å²) in [5.41, 5.74) is 1.66. The number of nitrogens with zero attached hydrogens (tertiary/aromatic N) is 2. The number of carbonyl (C=O) groups excluding carboxylic acids is 1. The zero-order chi connectivity index (χ0) is 25.4. The molecule has 4 fully saturated rings. The predicted molar refractivity (Wildman–Crippen MR) is 141 cm³/mol. The fourth-order valence-corrected chi connectivity index (χ4v) is 9.02. The molecule has 4 saturated carbocycles. The van der Waals surface area contributed by atoms with Gasteiger partial charge in [0, 0.05) is 31.6 Å². The highest BCUT2D eigenvalue weighted by Gasteiger charge is 2.60. The molecule has 0 aromatic carbocycles. The first-order valence-electron chi connectivity index (χ1n) is 14.5. The van der Waals surface area contributed by atoms with E-state index in [-0.39, 0.29) is 17.6 Å². The minimum absolute atomic E-state index is 0.0778. The average molecular weight is 490 g/mol. The Hall–Kier alpha value is -1.14. The van der Waals surface area contributed by atoms with Crippen LogP contribution < -0.4 is 5.32 Å². The van der Waals surface area contributed by atoms with Crippen molar-refractivity contribution in [2.75, 3.05) is 19.6 Å². The number of aliphatic hydroxyl groups is 1. The summed E-state index contributed by atoms with van der Waals surface area (Å²) in [5.74, 6) is 3.45. The van der Waals surface area contributed by atoms with Gasteiger partial charge in [-0.2, -0.15) is 0 Å². The summed E-state index contributed by atoms with van der Waals surface area (Å²) in [7, 11) is 0. The number of rotatable bonds is 7. The van der Waals surface area contributed by atoms with Crippen molar-refractivity contribution in [2.24, 2.45) is 45.6 Å². The van der Waals surface area contributed by atoms with E-state index in [9.17, 15) is 9.90 Å². The summed E-state index contributed by atoms with van der Waals surface area (Å²) in [5, 5.41) is 18.1. The third-order valence-corrected chi connectivity index (χ3v) is 11.0. The van der Waals surface area contributed by atoms with Gasteiger partial charge in [0.25, 0.3) is 0 Å². The second kappa shape index (κ2) is 10.7. The largest absolute Gasteiger partial charge is 0.436 e. The van der Waals surface area contributed by atoms with Crippen LogP contribution in [0.4, 0.5) is 4.79 Å². The van der Waals surface area contributed by atoms with Crippen molar-refractivity contribution in [2.45, 2.75) is 111 Å². The van der Waals surface area contributed by atoms with E-state index >= 15 is 0 Å². The first-order chi connectivity index (χ1) is 16.6. The van der Waals surface area contributed by atoms with Crippen LogP contribution in [0.1, 0.15) is 99.3 Å². The molecular weight excluding hydrogens is 438 g/mol. The number of amides is 1. The maximum absolute atomic E-state index is 12.7. The number of carbonyl (C=O) groups is 1. The Morgan fingerprint density at radius 1 is 1.09 bits per heavy atom. The number of hydrogen-bond donors (Lipinski definition) is 2. The van der Waals surface area contributed by atoms with Crippen LogP contribution in [0.25, 0.3) is 0 Å². The summed E-state index contributed by atoms with van der Waals surface area (Å²) >= 11 is 0. The molecule has 0 radical (unpaired) electrons. The fourth-order valence-electron chi connectivity index (χ4n) is 9.02. The van der Waals surface area contributed by atoms with Crippen LogP contribution >= 0.6 is 0 Å². The first-order valence-corrected chi connectivity index (χ1v) is 14.5. The van der Waals surface area contributed by atoms with Gasteiger partial charge < -0.3 is 15.3 Å². The van der Waals surface area contributed by atoms with Gasteiger partial charge in [0.05, 0.1) is 11.8 Å². The summed E-state index contributed by atoms with van der Waals surface area (Å²) in [6, 6.07) is 0.401. The van der Waals surface area contributed by atoms with Gasteiger partial charge in [0.15, 0.2) is 0 Å². The molecule has 0 aromatic heterocycles. The second-order valence-corrected chi connectivity index (χ2v) is 13.0. The Morgan fingerprint density at radius 2 is 1.80 bits per heavy atom. The second-order valence-electron chi connectivity index (χ2n) is 13.0. The molecule has 6 nitrogen and oxygen atoms in total. The quantitative estimate of drug-likeness (QED) is 0.268. The van der Waals surface area contributed by atoms with Crippen LogP contribution in [-0.4, -0.2) is 53.6 Å². The smallest absolute Gasteiger partial charge is 0.393 e. The zero-order valence-electron chi connectivity index (χ0n) is 23.2. The highest BCUT2D eigenvalue weighted by molar-refractivity contribution is 5.85. The standard InChI is InChI=1S/C29H51N3O3/c1-7-32(17-16-30-19(2)3)27(34)35-31-20(4)24-10-11-25-23-9-8-21-18-22(33)12-14-28(21,5)26(23)13-15-29(24,25)6/h19,21-26,30,33H,7-18H2,1-6H3/b31-20+/t21-,22+,23-,24+,25-,26-,28-,29+/m0/s1. The van der Waals surface area contributed by atoms with Crippen molar-refractivity contribution < 1.29 is 14.7 Å². The molecule has 0 spiro atoms. The van der Waals surface area contributed by atoms with E-state index in [1.807, 2.05) is 6.92 Å². The molecule has 6 heteroatoms. The van der Waals surface area contributed by atoms with Crippen molar-refractivity contribution in [3.63, 3.8) is 0 Å². The minimum atomic E-state index is -0.341. The van der Waals surface area contributed by atoms with Crippen LogP contribution in [0, 0.1) is 40.4 Å². The molecule has 4 aliphatic rings. The Labute approximate surface area is 213 Å². The van der Waals surface area contributed by atoms with Gasteiger partial charge in [0.2, 0.25) is 0 Å². The van der Waals surface area contributed by atoms with Gasteiger partial charge in [-0.3, -0.25) is 4.84 Å². The highest BCUT2D eigenvalue weighted by atomic mass is 16.7. The fraction of sp³-hybridized carbons (Fsp3) is 0.931. The maximum Gasteiger partial charge on any atom is 0.436 e. The molecule has 0 saturated heterocycles. The van der Waals surface area contributed by atoms with Crippen molar-refractivity contribution >= 4 is 11.8 Å². The lowest BCUT2D eigenvalue weighted by Crippen LogP contribution is -2.54. The van der Waals surface area contributed by atoms with Gasteiger partial charge in [-0.25, -0.2) is 4.79 Å². The van der Waals surface area contributed by atoms with Gasteiger partial charge in [-0.1, -0.05) is 32.9 Å². The zero-order valence-corrected chi connectivity index (χ0v) is 23.2. The van der Waals surface area contributed by atoms with Crippen molar-refractivity contribution in [1.29, 1.82) is 0 Å². The van der Waals surface area contributed by atoms with E-state index in [2.05, 4.69) is 45.1 Å². The number of likely N-dealkylation sites (N-methyl/N-ethyl adjacent to an activating group) is 1. The first kappa shape index (κ1) is 26.9. The molecule has 8 atom stereocenters. The predicted octanol–water partition coefficient (Wildman–Crippen LogP) is 5.84. The molecule has 1 amide bonds. The molecule has 0 aliphatic heterocycles. The molecule has 4 rings (SSSR count). The lowest BCUT2D eigenvalue weighted by molar-refractivity contribution is -0.123. The maximum atomic E-state index is 12.7. The average Bonchev–Trinajstić information content (AvgIpc) is 3.17. The Morgan fingerprint density at radius 3 is 2.51 bits per heavy atom. The van der Waals surface area contributed by atoms with E-state index in [1.54, 1.807) is 4.90 Å². The molecule has 0 heterocycles. The van der Waals surface area contributed by atoms with Gasteiger partial charge in [-0.15, -0.1) is 0 Å². The summed E-state index contributed by atoms with van der Waals surface area (Å²) in [4.78, 5) is 19.9. The molecule has 0 aromatic rings. The highest BCUT2D eigenvalue weighted by Crippen LogP contribution is 2.67. The molecule has 0 unspecified atom stereocenters. The van der Waals surface area contributed by atoms with Crippen molar-refractivity contribution in [3.8, 4) is 0 Å². The third-order valence-electron chi connectivity index (χ3n) is 11.0. The molecular formula is C29H51N3O3. The monoisotopic (exact) mass is 489 g/mol. The number of hydrogen-bond acceptors (Lipinski definition) is 5. The lowest BCUT2D eigenvalue weighted by Gasteiger charge is -2.61. The summed E-state index contributed by atoms with van der Waals surface area (Å²) in [6.45, 7) is 15.3. The topological polar surface area (TPSA) is 74.2 Å². The van der Waals surface area contributed by atoms with E-state index in [4.69, 9.17) is 4.84 Å². The van der Waals surface area contributed by atoms with Crippen LogP contribution in [0.15, 0.2) is 5.16 Å². The molecule has 0 bridgehead atoms. The lowest BCUT2D eigenvalue weighted by atomic mass is 9.44. The van der Waals surface area contributed by atoms with Crippen LogP contribution in [0.5, 0.6) is 0 Å². The minimum Gasteiger partial charge on any atom is -0.393 e. The van der Waals surface area contributed by atoms with Crippen LogP contribution in [0.3, 0.4) is 0 Å². The third kappa shape index (κ3) is 5.16. The van der Waals surface area contributed by atoms with E-state index in [0.717, 1.165) is 49.3 Å². The Balaban J connectivity index is 1.40. The van der Waals surface area contributed by atoms with E-state index in [0.29, 0.717) is 36.4 Å². The summed E-state index contributed by atoms with van der Waals surface area (Å²) in [6.07, 6.45) is 10.4. The van der Waals surface area contributed by atoms with Gasteiger partial charge in [-0.05, 0) is 106 Å². The van der Waals surface area contributed by atoms with E-state index < -0.39 is 0 Å². The van der Waals surface area contributed by atoms with Crippen molar-refractivity contribution in [1.82, 2.24) is 10.2 Å². The Bertz CT molecular complexity index is 785. The van der Waals surface area contributed by atoms with Crippen LogP contribution in [-0.2, 0) is 4.84 Å². The molecule has 4 aliphatic carbocycles. The number of nitrogens with one attached hydrogen (secondary N) is 1. The van der Waals surface area contributed by atoms with Gasteiger partial charge >= 0.3 is 6.09 Å². The van der Waals surface area contributed by atoms with Crippen LogP contribution in [0.2, 0.25) is 0 Å². The van der Waals surface area contributed by atoms with E-state index in [1.165, 1.54) is 38.5 Å².